The fourth-order valence-electron chi connectivity index (χ4n) is 2.30. The zero-order chi connectivity index (χ0) is 14.4. The van der Waals surface area contributed by atoms with Crippen LogP contribution < -0.4 is 5.73 Å². The molecule has 2 rings (SSSR count). The lowest BCUT2D eigenvalue weighted by Gasteiger charge is -2.22. The summed E-state index contributed by atoms with van der Waals surface area (Å²) in [5.74, 6) is -0.148. The number of halogens is 2. The molecule has 21 heavy (non-hydrogen) atoms. The van der Waals surface area contributed by atoms with E-state index in [1.807, 2.05) is 31.2 Å². The molecule has 0 bridgehead atoms. The maximum absolute atomic E-state index is 13.9. The summed E-state index contributed by atoms with van der Waals surface area (Å²) >= 11 is 0. The first kappa shape index (κ1) is 17.6. The van der Waals surface area contributed by atoms with Gasteiger partial charge in [0, 0.05) is 31.7 Å². The molecule has 0 aliphatic heterocycles. The van der Waals surface area contributed by atoms with Gasteiger partial charge >= 0.3 is 0 Å². The molecule has 0 amide bonds. The molecule has 0 aliphatic rings. The van der Waals surface area contributed by atoms with Crippen molar-refractivity contribution in [2.75, 3.05) is 13.1 Å². The van der Waals surface area contributed by atoms with Crippen LogP contribution in [-0.4, -0.2) is 18.0 Å². The van der Waals surface area contributed by atoms with Crippen molar-refractivity contribution in [1.82, 2.24) is 4.90 Å². The van der Waals surface area contributed by atoms with Gasteiger partial charge in [0.15, 0.2) is 0 Å². The Hall–Kier alpha value is -1.42. The highest BCUT2D eigenvalue weighted by molar-refractivity contribution is 5.85. The van der Waals surface area contributed by atoms with Crippen molar-refractivity contribution in [2.45, 2.75) is 20.0 Å². The Labute approximate surface area is 132 Å². The summed E-state index contributed by atoms with van der Waals surface area (Å²) < 4.78 is 13.9. The highest BCUT2D eigenvalue weighted by Crippen LogP contribution is 2.14. The first-order valence-electron chi connectivity index (χ1n) is 6.90. The van der Waals surface area contributed by atoms with E-state index in [9.17, 15) is 4.39 Å². The van der Waals surface area contributed by atoms with Crippen molar-refractivity contribution in [3.63, 3.8) is 0 Å². The van der Waals surface area contributed by atoms with Gasteiger partial charge in [-0.2, -0.15) is 0 Å². The zero-order valence-corrected chi connectivity index (χ0v) is 13.1. The maximum atomic E-state index is 13.9. The summed E-state index contributed by atoms with van der Waals surface area (Å²) in [5.41, 5.74) is 8.69. The molecule has 0 aromatic heterocycles. The largest absolute Gasteiger partial charge is 0.329 e. The molecule has 2 N–H and O–H groups in total. The minimum atomic E-state index is -0.148. The Balaban J connectivity index is 0.00000220. The summed E-state index contributed by atoms with van der Waals surface area (Å²) in [6, 6.07) is 15.4. The second kappa shape index (κ2) is 8.78. The van der Waals surface area contributed by atoms with E-state index in [-0.39, 0.29) is 18.2 Å². The van der Waals surface area contributed by atoms with Gasteiger partial charge in [0.1, 0.15) is 5.82 Å². The van der Waals surface area contributed by atoms with Crippen LogP contribution in [0.3, 0.4) is 0 Å². The molecule has 0 heterocycles. The average molecular weight is 309 g/mol. The molecule has 2 aromatic carbocycles. The highest BCUT2D eigenvalue weighted by Gasteiger charge is 2.10. The summed E-state index contributed by atoms with van der Waals surface area (Å²) in [4.78, 5) is 2.17. The van der Waals surface area contributed by atoms with Crippen LogP contribution in [-0.2, 0) is 13.1 Å². The molecule has 2 aromatic rings. The van der Waals surface area contributed by atoms with Crippen LogP contribution in [0.4, 0.5) is 4.39 Å². The third-order valence-corrected chi connectivity index (χ3v) is 3.29. The van der Waals surface area contributed by atoms with E-state index in [2.05, 4.69) is 17.0 Å². The Kier molecular flexibility index (Phi) is 7.37. The van der Waals surface area contributed by atoms with Crippen molar-refractivity contribution in [3.8, 4) is 0 Å². The molecule has 114 valence electrons. The third-order valence-electron chi connectivity index (χ3n) is 3.29. The van der Waals surface area contributed by atoms with Crippen LogP contribution in [0.25, 0.3) is 0 Å². The Morgan fingerprint density at radius 1 is 1.05 bits per heavy atom. The monoisotopic (exact) mass is 308 g/mol. The second-order valence-electron chi connectivity index (χ2n) is 5.08. The molecule has 0 aliphatic carbocycles. The van der Waals surface area contributed by atoms with Crippen molar-refractivity contribution in [2.24, 2.45) is 5.73 Å². The Bertz CT molecular complexity index is 546. The number of aryl methyl sites for hydroxylation is 1. The second-order valence-corrected chi connectivity index (χ2v) is 5.08. The van der Waals surface area contributed by atoms with Gasteiger partial charge in [-0.25, -0.2) is 4.39 Å². The number of nitrogens with zero attached hydrogens (tertiary/aromatic N) is 1. The van der Waals surface area contributed by atoms with Gasteiger partial charge < -0.3 is 5.73 Å². The molecule has 0 spiro atoms. The van der Waals surface area contributed by atoms with E-state index in [0.29, 0.717) is 13.1 Å². The van der Waals surface area contributed by atoms with E-state index in [1.165, 1.54) is 11.6 Å². The molecule has 0 fully saturated rings. The van der Waals surface area contributed by atoms with Crippen molar-refractivity contribution in [1.29, 1.82) is 0 Å². The molecule has 4 heteroatoms. The molecule has 0 unspecified atom stereocenters. The minimum absolute atomic E-state index is 0. The standard InChI is InChI=1S/C17H21FN2.ClH/c1-14-7-8-17(18)16(11-14)13-20(10-9-19)12-15-5-3-2-4-6-15;/h2-8,11H,9-10,12-13,19H2,1H3;1H. The summed E-state index contributed by atoms with van der Waals surface area (Å²) in [5, 5.41) is 0. The Morgan fingerprint density at radius 2 is 1.76 bits per heavy atom. The van der Waals surface area contributed by atoms with Crippen LogP contribution in [0.15, 0.2) is 48.5 Å². The quantitative estimate of drug-likeness (QED) is 0.885. The fourth-order valence-corrected chi connectivity index (χ4v) is 2.30. The number of benzene rings is 2. The van der Waals surface area contributed by atoms with Crippen LogP contribution in [0.1, 0.15) is 16.7 Å². The van der Waals surface area contributed by atoms with E-state index < -0.39 is 0 Å². The number of rotatable bonds is 6. The van der Waals surface area contributed by atoms with E-state index in [1.54, 1.807) is 6.07 Å². The van der Waals surface area contributed by atoms with Crippen LogP contribution >= 0.6 is 12.4 Å². The van der Waals surface area contributed by atoms with Gasteiger partial charge in [0.05, 0.1) is 0 Å². The summed E-state index contributed by atoms with van der Waals surface area (Å²) in [7, 11) is 0. The minimum Gasteiger partial charge on any atom is -0.329 e. The van der Waals surface area contributed by atoms with Gasteiger partial charge in [0.2, 0.25) is 0 Å². The van der Waals surface area contributed by atoms with E-state index in [0.717, 1.165) is 24.2 Å². The molecule has 2 nitrogen and oxygen atoms in total. The molecule has 0 atom stereocenters. The summed E-state index contributed by atoms with van der Waals surface area (Å²) in [6.45, 7) is 4.67. The summed E-state index contributed by atoms with van der Waals surface area (Å²) in [6.07, 6.45) is 0. The number of hydrogen-bond acceptors (Lipinski definition) is 2. The van der Waals surface area contributed by atoms with Crippen molar-refractivity contribution < 1.29 is 4.39 Å². The van der Waals surface area contributed by atoms with Crippen molar-refractivity contribution in [3.05, 3.63) is 71.0 Å². The lowest BCUT2D eigenvalue weighted by molar-refractivity contribution is 0.260. The van der Waals surface area contributed by atoms with Crippen LogP contribution in [0.5, 0.6) is 0 Å². The van der Waals surface area contributed by atoms with Gasteiger partial charge in [0.25, 0.3) is 0 Å². The highest BCUT2D eigenvalue weighted by atomic mass is 35.5. The fraction of sp³-hybridized carbons (Fsp3) is 0.294. The average Bonchev–Trinajstić information content (AvgIpc) is 2.44. The van der Waals surface area contributed by atoms with Crippen LogP contribution in [0.2, 0.25) is 0 Å². The maximum Gasteiger partial charge on any atom is 0.127 e. The molecule has 0 saturated carbocycles. The molecule has 0 radical (unpaired) electrons. The molecule has 0 saturated heterocycles. The van der Waals surface area contributed by atoms with Gasteiger partial charge in [-0.1, -0.05) is 48.0 Å². The predicted octanol–water partition coefficient (Wildman–Crippen LogP) is 3.52. The first-order chi connectivity index (χ1) is 9.69. The lowest BCUT2D eigenvalue weighted by Crippen LogP contribution is -2.29. The number of nitrogens with two attached hydrogens (primary N) is 1. The van der Waals surface area contributed by atoms with Crippen LogP contribution in [0, 0.1) is 12.7 Å². The Morgan fingerprint density at radius 3 is 2.43 bits per heavy atom. The topological polar surface area (TPSA) is 29.3 Å². The first-order valence-corrected chi connectivity index (χ1v) is 6.90. The van der Waals surface area contributed by atoms with Gasteiger partial charge in [-0.3, -0.25) is 4.90 Å². The van der Waals surface area contributed by atoms with E-state index >= 15 is 0 Å². The normalized spacial score (nSPS) is 10.5. The van der Waals surface area contributed by atoms with E-state index in [4.69, 9.17) is 5.73 Å². The predicted molar refractivity (Wildman–Crippen MR) is 88.0 cm³/mol. The smallest absolute Gasteiger partial charge is 0.127 e. The third kappa shape index (κ3) is 5.46. The lowest BCUT2D eigenvalue weighted by atomic mass is 10.1. The molecular weight excluding hydrogens is 287 g/mol. The zero-order valence-electron chi connectivity index (χ0n) is 12.3. The number of hydrogen-bond donors (Lipinski definition) is 1. The van der Waals surface area contributed by atoms with Crippen molar-refractivity contribution >= 4 is 12.4 Å². The van der Waals surface area contributed by atoms with Gasteiger partial charge in [-0.15, -0.1) is 12.4 Å². The molecular formula is C17H22ClFN2. The van der Waals surface area contributed by atoms with Gasteiger partial charge in [-0.05, 0) is 18.6 Å². The SMILES string of the molecule is Cc1ccc(F)c(CN(CCN)Cc2ccccc2)c1.Cl.